The maximum atomic E-state index is 13.9. The summed E-state index contributed by atoms with van der Waals surface area (Å²) in [6.45, 7) is 0. The molecule has 0 saturated heterocycles. The maximum absolute atomic E-state index is 13.9. The van der Waals surface area contributed by atoms with Gasteiger partial charge in [0, 0.05) is 39.0 Å². The van der Waals surface area contributed by atoms with E-state index in [9.17, 15) is 26.3 Å². The number of alkyl halides is 6. The molecule has 0 bridgehead atoms. The number of aromatic nitrogens is 4. The molecule has 11 heteroatoms. The third kappa shape index (κ3) is 5.60. The van der Waals surface area contributed by atoms with Crippen LogP contribution in [0.2, 0.25) is 0 Å². The smallest absolute Gasteiger partial charge is 0.310 e. The van der Waals surface area contributed by atoms with Crippen molar-refractivity contribution in [2.45, 2.75) is 12.4 Å². The van der Waals surface area contributed by atoms with Gasteiger partial charge in [0.15, 0.2) is 0 Å². The minimum Gasteiger partial charge on any atom is -0.310 e. The fraction of sp³-hybridized carbons (Fsp3) is 0.0556. The third-order valence-corrected chi connectivity index (χ3v) is 7.41. The number of hydrogen-bond donors (Lipinski definition) is 0. The zero-order valence-corrected chi connectivity index (χ0v) is 23.7. The average Bonchev–Trinajstić information content (AvgIpc) is 3.13. The van der Waals surface area contributed by atoms with Gasteiger partial charge in [-0.3, -0.25) is 0 Å². The summed E-state index contributed by atoms with van der Waals surface area (Å²) in [5, 5.41) is 0.194. The molecule has 0 saturated carbocycles. The van der Waals surface area contributed by atoms with Crippen LogP contribution in [0, 0.1) is 0 Å². The molecule has 0 N–H and O–H groups in total. The zero-order valence-electron chi connectivity index (χ0n) is 28.7. The van der Waals surface area contributed by atoms with E-state index in [0.717, 1.165) is 24.8 Å². The molecule has 7 rings (SSSR count). The molecule has 0 unspecified atom stereocenters. The largest absolute Gasteiger partial charge is 0.418 e. The van der Waals surface area contributed by atoms with Crippen molar-refractivity contribution in [3.8, 4) is 22.5 Å². The summed E-state index contributed by atoms with van der Waals surface area (Å²) in [6, 6.07) is 16.7. The summed E-state index contributed by atoms with van der Waals surface area (Å²) in [6.07, 6.45) is -7.38. The number of hydrogen-bond acceptors (Lipinski definition) is 5. The topological polar surface area (TPSA) is 54.8 Å². The van der Waals surface area contributed by atoms with Crippen molar-refractivity contribution in [2.24, 2.45) is 0 Å². The standard InChI is InChI=1S/C36H21F6N5/c37-35(38,39)29-16-6-14-27-31(43-20-45-33(27)29)22-8-4-12-25(18-22)47(24-10-2-1-3-11-24)26-13-5-9-23(19-26)32-28-15-7-17-30(36(40,41)42)34(28)46-21-44-32/h1-21H/i1D,2D,3D,10D,11D. The molecule has 0 spiro atoms. The van der Waals surface area contributed by atoms with E-state index in [-0.39, 0.29) is 50.3 Å². The van der Waals surface area contributed by atoms with Crippen LogP contribution in [-0.2, 0) is 12.4 Å². The summed E-state index contributed by atoms with van der Waals surface area (Å²) in [4.78, 5) is 17.7. The van der Waals surface area contributed by atoms with Gasteiger partial charge in [0.1, 0.15) is 12.7 Å². The van der Waals surface area contributed by atoms with Gasteiger partial charge in [-0.15, -0.1) is 0 Å². The van der Waals surface area contributed by atoms with E-state index >= 15 is 0 Å². The zero-order chi connectivity index (χ0) is 37.1. The van der Waals surface area contributed by atoms with Gasteiger partial charge in [-0.1, -0.05) is 66.7 Å². The first-order chi connectivity index (χ1) is 24.7. The molecular formula is C36H21F6N5. The molecule has 2 heterocycles. The average molecular weight is 643 g/mol. The van der Waals surface area contributed by atoms with E-state index in [4.69, 9.17) is 6.85 Å². The number of nitrogens with zero attached hydrogens (tertiary/aromatic N) is 5. The molecule has 232 valence electrons. The van der Waals surface area contributed by atoms with E-state index < -0.39 is 53.7 Å². The number of rotatable bonds is 5. The summed E-state index contributed by atoms with van der Waals surface area (Å²) in [5.74, 6) is 0. The van der Waals surface area contributed by atoms with Gasteiger partial charge in [-0.2, -0.15) is 26.3 Å². The van der Waals surface area contributed by atoms with Crippen LogP contribution < -0.4 is 4.90 Å². The molecule has 0 atom stereocenters. The second-order valence-corrected chi connectivity index (χ2v) is 10.3. The Bertz CT molecular complexity index is 2370. The van der Waals surface area contributed by atoms with E-state index in [1.54, 1.807) is 36.4 Å². The Balaban J connectivity index is 1.46. The molecule has 0 radical (unpaired) electrons. The molecule has 0 aliphatic rings. The Morgan fingerprint density at radius 2 is 0.957 bits per heavy atom. The van der Waals surface area contributed by atoms with E-state index in [1.807, 2.05) is 0 Å². The van der Waals surface area contributed by atoms with Crippen LogP contribution in [-0.4, -0.2) is 19.9 Å². The van der Waals surface area contributed by atoms with E-state index in [0.29, 0.717) is 11.1 Å². The lowest BCUT2D eigenvalue weighted by Gasteiger charge is -2.26. The fourth-order valence-electron chi connectivity index (χ4n) is 5.44. The molecule has 2 aromatic heterocycles. The van der Waals surface area contributed by atoms with Crippen LogP contribution in [0.5, 0.6) is 0 Å². The molecule has 0 aliphatic heterocycles. The van der Waals surface area contributed by atoms with Gasteiger partial charge in [-0.25, -0.2) is 19.9 Å². The lowest BCUT2D eigenvalue weighted by atomic mass is 10.0. The Labute approximate surface area is 270 Å². The highest BCUT2D eigenvalue weighted by Gasteiger charge is 2.34. The van der Waals surface area contributed by atoms with Crippen LogP contribution in [0.3, 0.4) is 0 Å². The quantitative estimate of drug-likeness (QED) is 0.175. The Kier molecular flexibility index (Phi) is 5.97. The van der Waals surface area contributed by atoms with Crippen molar-refractivity contribution < 1.29 is 33.2 Å². The highest BCUT2D eigenvalue weighted by Crippen LogP contribution is 2.41. The van der Waals surface area contributed by atoms with Crippen LogP contribution in [0.15, 0.2) is 128 Å². The number of anilines is 3. The first kappa shape index (κ1) is 24.4. The minimum absolute atomic E-state index is 0.0969. The lowest BCUT2D eigenvalue weighted by molar-refractivity contribution is -0.137. The Morgan fingerprint density at radius 1 is 0.511 bits per heavy atom. The Hall–Kier alpha value is -5.84. The van der Waals surface area contributed by atoms with E-state index in [2.05, 4.69) is 19.9 Å². The molecule has 5 nitrogen and oxygen atoms in total. The molecule has 5 aromatic carbocycles. The van der Waals surface area contributed by atoms with Gasteiger partial charge < -0.3 is 4.90 Å². The molecule has 0 aliphatic carbocycles. The number of para-hydroxylation sites is 3. The van der Waals surface area contributed by atoms with Gasteiger partial charge in [-0.05, 0) is 48.5 Å². The van der Waals surface area contributed by atoms with Crippen molar-refractivity contribution in [3.63, 3.8) is 0 Å². The molecule has 0 fully saturated rings. The molecule has 47 heavy (non-hydrogen) atoms. The van der Waals surface area contributed by atoms with Crippen molar-refractivity contribution >= 4 is 38.9 Å². The van der Waals surface area contributed by atoms with Crippen LogP contribution >= 0.6 is 0 Å². The maximum Gasteiger partial charge on any atom is 0.418 e. The summed E-state index contributed by atoms with van der Waals surface area (Å²) >= 11 is 0. The minimum atomic E-state index is -4.70. The number of halogens is 6. The Morgan fingerprint density at radius 3 is 1.40 bits per heavy atom. The second-order valence-electron chi connectivity index (χ2n) is 10.3. The molecule has 7 aromatic rings. The monoisotopic (exact) mass is 642 g/mol. The molecule has 0 amide bonds. The normalized spacial score (nSPS) is 13.5. The van der Waals surface area contributed by atoms with Gasteiger partial charge >= 0.3 is 12.4 Å². The lowest BCUT2D eigenvalue weighted by Crippen LogP contribution is -2.10. The molecular weight excluding hydrogens is 616 g/mol. The summed E-state index contributed by atoms with van der Waals surface area (Å²) in [7, 11) is 0. The van der Waals surface area contributed by atoms with Crippen LogP contribution in [0.25, 0.3) is 44.3 Å². The van der Waals surface area contributed by atoms with E-state index in [1.165, 1.54) is 41.3 Å². The fourth-order valence-corrected chi connectivity index (χ4v) is 5.44. The van der Waals surface area contributed by atoms with Crippen LogP contribution in [0.4, 0.5) is 43.4 Å². The first-order valence-corrected chi connectivity index (χ1v) is 13.9. The summed E-state index contributed by atoms with van der Waals surface area (Å²) < 4.78 is 126. The van der Waals surface area contributed by atoms with Gasteiger partial charge in [0.25, 0.3) is 0 Å². The van der Waals surface area contributed by atoms with Crippen molar-refractivity contribution in [1.82, 2.24) is 19.9 Å². The second kappa shape index (κ2) is 11.5. The third-order valence-electron chi connectivity index (χ3n) is 7.41. The highest BCUT2D eigenvalue weighted by atomic mass is 19.4. The van der Waals surface area contributed by atoms with Gasteiger partial charge in [0.2, 0.25) is 0 Å². The van der Waals surface area contributed by atoms with Crippen molar-refractivity contribution in [2.75, 3.05) is 4.90 Å². The predicted molar refractivity (Wildman–Crippen MR) is 168 cm³/mol. The number of fused-ring (bicyclic) bond motifs is 2. The van der Waals surface area contributed by atoms with Crippen molar-refractivity contribution in [3.05, 3.63) is 139 Å². The predicted octanol–water partition coefficient (Wildman–Crippen LogP) is 10.4. The first-order valence-electron chi connectivity index (χ1n) is 16.4. The summed E-state index contributed by atoms with van der Waals surface area (Å²) in [5.41, 5.74) is -1.47. The van der Waals surface area contributed by atoms with Gasteiger partial charge in [0.05, 0.1) is 40.4 Å². The van der Waals surface area contributed by atoms with Crippen LogP contribution in [0.1, 0.15) is 18.0 Å². The number of benzene rings is 5. The SMILES string of the molecule is [2H]c1c([2H])c([2H])c(N(c2cccc(-c3ncnc4c(C(F)(F)F)cccc34)c2)c2cccc(-c3ncnc4c(C(F)(F)F)cccc34)c2)c([2H])c1[2H]. The van der Waals surface area contributed by atoms with Crippen molar-refractivity contribution in [1.29, 1.82) is 0 Å². The highest BCUT2D eigenvalue weighted by molar-refractivity contribution is 5.96.